The summed E-state index contributed by atoms with van der Waals surface area (Å²) in [7, 11) is -3.91. The second-order valence-corrected chi connectivity index (χ2v) is 10.8. The van der Waals surface area contributed by atoms with E-state index in [1.807, 2.05) is 30.3 Å². The number of rotatable bonds is 7. The molecule has 5 nitrogen and oxygen atoms in total. The van der Waals surface area contributed by atoms with E-state index in [9.17, 15) is 17.6 Å². The third kappa shape index (κ3) is 5.72. The lowest BCUT2D eigenvalue weighted by atomic mass is 10.1. The van der Waals surface area contributed by atoms with Crippen molar-refractivity contribution < 1.29 is 17.6 Å². The van der Waals surface area contributed by atoms with Gasteiger partial charge in [0.1, 0.15) is 16.1 Å². The molecule has 2 N–H and O–H groups in total. The van der Waals surface area contributed by atoms with Crippen molar-refractivity contribution in [3.8, 4) is 0 Å². The van der Waals surface area contributed by atoms with Gasteiger partial charge in [-0.25, -0.2) is 12.8 Å². The molecule has 0 aliphatic heterocycles. The highest BCUT2D eigenvalue weighted by molar-refractivity contribution is 9.11. The van der Waals surface area contributed by atoms with Crippen LogP contribution in [-0.2, 0) is 21.2 Å². The van der Waals surface area contributed by atoms with Crippen molar-refractivity contribution in [3.63, 3.8) is 0 Å². The van der Waals surface area contributed by atoms with Gasteiger partial charge in [-0.05, 0) is 64.7 Å². The monoisotopic (exact) mass is 496 g/mol. The van der Waals surface area contributed by atoms with Gasteiger partial charge in [-0.2, -0.15) is 4.72 Å². The van der Waals surface area contributed by atoms with Crippen LogP contribution in [0.5, 0.6) is 0 Å². The summed E-state index contributed by atoms with van der Waals surface area (Å²) in [4.78, 5) is 12.9. The highest BCUT2D eigenvalue weighted by Crippen LogP contribution is 2.26. The summed E-state index contributed by atoms with van der Waals surface area (Å²) in [5, 5.41) is 2.60. The molecule has 0 aliphatic carbocycles. The molecular weight excluding hydrogens is 479 g/mol. The van der Waals surface area contributed by atoms with Crippen molar-refractivity contribution in [2.45, 2.75) is 23.6 Å². The average molecular weight is 497 g/mol. The number of amides is 1. The first kappa shape index (κ1) is 21.6. The van der Waals surface area contributed by atoms with Crippen LogP contribution in [0.1, 0.15) is 11.1 Å². The molecule has 152 valence electrons. The minimum Gasteiger partial charge on any atom is -0.325 e. The molecule has 29 heavy (non-hydrogen) atoms. The van der Waals surface area contributed by atoms with Crippen LogP contribution in [0.3, 0.4) is 0 Å². The van der Waals surface area contributed by atoms with Gasteiger partial charge in [-0.1, -0.05) is 36.4 Å². The van der Waals surface area contributed by atoms with Gasteiger partial charge in [0, 0.05) is 5.69 Å². The maximum Gasteiger partial charge on any atom is 0.250 e. The maximum absolute atomic E-state index is 13.8. The Morgan fingerprint density at radius 1 is 1.14 bits per heavy atom. The van der Waals surface area contributed by atoms with Crippen LogP contribution in [0.15, 0.2) is 68.7 Å². The summed E-state index contributed by atoms with van der Waals surface area (Å²) in [6.07, 6.45) is 0.146. The number of halogens is 2. The minimum atomic E-state index is -3.91. The average Bonchev–Trinajstić information content (AvgIpc) is 3.12. The second-order valence-electron chi connectivity index (χ2n) is 6.38. The molecule has 1 heterocycles. The van der Waals surface area contributed by atoms with Gasteiger partial charge >= 0.3 is 0 Å². The van der Waals surface area contributed by atoms with E-state index < -0.39 is 27.8 Å². The molecule has 0 aliphatic rings. The van der Waals surface area contributed by atoms with Crippen molar-refractivity contribution in [3.05, 3.63) is 81.4 Å². The number of nitrogens with one attached hydrogen (secondary N) is 2. The number of anilines is 1. The standard InChI is InChI=1S/C20H18BrFN2O3S2/c1-13-7-8-15(12-16(13)22)23-20(25)17(11-14-5-3-2-4-6-14)24-29(26,27)19-10-9-18(21)28-19/h2-10,12,17,24H,11H2,1H3,(H,23,25)/t17-/m0/s1. The van der Waals surface area contributed by atoms with Crippen molar-refractivity contribution in [2.75, 3.05) is 5.32 Å². The molecule has 0 unspecified atom stereocenters. The van der Waals surface area contributed by atoms with Crippen LogP contribution in [-0.4, -0.2) is 20.4 Å². The molecule has 3 aromatic rings. The first-order valence-corrected chi connectivity index (χ1v) is 11.7. The van der Waals surface area contributed by atoms with E-state index in [2.05, 4.69) is 26.0 Å². The molecule has 1 aromatic heterocycles. The molecule has 2 aromatic carbocycles. The molecule has 1 amide bonds. The number of hydrogen-bond donors (Lipinski definition) is 2. The lowest BCUT2D eigenvalue weighted by Gasteiger charge is -2.18. The number of carbonyl (C=O) groups excluding carboxylic acids is 1. The smallest absolute Gasteiger partial charge is 0.250 e. The summed E-state index contributed by atoms with van der Waals surface area (Å²) in [6, 6.07) is 15.4. The molecule has 0 saturated heterocycles. The van der Waals surface area contributed by atoms with Crippen molar-refractivity contribution in [1.82, 2.24) is 4.72 Å². The van der Waals surface area contributed by atoms with Gasteiger partial charge in [-0.3, -0.25) is 4.79 Å². The fourth-order valence-corrected chi connectivity index (χ4v) is 5.85. The largest absolute Gasteiger partial charge is 0.325 e. The van der Waals surface area contributed by atoms with Crippen molar-refractivity contribution >= 4 is 48.9 Å². The lowest BCUT2D eigenvalue weighted by Crippen LogP contribution is -2.45. The van der Waals surface area contributed by atoms with Gasteiger partial charge in [0.15, 0.2) is 0 Å². The Labute approximate surface area is 181 Å². The number of hydrogen-bond acceptors (Lipinski definition) is 4. The number of carbonyl (C=O) groups is 1. The highest BCUT2D eigenvalue weighted by atomic mass is 79.9. The molecule has 0 spiro atoms. The molecule has 0 radical (unpaired) electrons. The summed E-state index contributed by atoms with van der Waals surface area (Å²) < 4.78 is 42.5. The third-order valence-electron chi connectivity index (χ3n) is 4.15. The summed E-state index contributed by atoms with van der Waals surface area (Å²) in [6.45, 7) is 1.62. The SMILES string of the molecule is Cc1ccc(NC(=O)[C@H](Cc2ccccc2)NS(=O)(=O)c2ccc(Br)s2)cc1F. The molecular formula is C20H18BrFN2O3S2. The Bertz CT molecular complexity index is 1120. The van der Waals surface area contributed by atoms with E-state index in [4.69, 9.17) is 0 Å². The number of thiophene rings is 1. The number of aryl methyl sites for hydroxylation is 1. The Morgan fingerprint density at radius 2 is 1.86 bits per heavy atom. The van der Waals surface area contributed by atoms with Crippen LogP contribution >= 0.6 is 27.3 Å². The molecule has 0 saturated carbocycles. The first-order valence-electron chi connectivity index (χ1n) is 8.63. The van der Waals surface area contributed by atoms with Crippen molar-refractivity contribution in [2.24, 2.45) is 0 Å². The highest BCUT2D eigenvalue weighted by Gasteiger charge is 2.27. The van der Waals surface area contributed by atoms with Gasteiger partial charge in [0.05, 0.1) is 3.79 Å². The maximum atomic E-state index is 13.8. The van der Waals surface area contributed by atoms with Gasteiger partial charge in [0.25, 0.3) is 10.0 Å². The zero-order chi connectivity index (χ0) is 21.0. The van der Waals surface area contributed by atoms with Crippen LogP contribution in [0.4, 0.5) is 10.1 Å². The van der Waals surface area contributed by atoms with Crippen LogP contribution in [0, 0.1) is 12.7 Å². The van der Waals surface area contributed by atoms with Gasteiger partial charge in [0.2, 0.25) is 5.91 Å². The predicted octanol–water partition coefficient (Wildman–Crippen LogP) is 4.49. The Balaban J connectivity index is 1.85. The second kappa shape index (κ2) is 9.17. The summed E-state index contributed by atoms with van der Waals surface area (Å²) >= 11 is 4.29. The molecule has 1 atom stereocenters. The van der Waals surface area contributed by atoms with E-state index in [-0.39, 0.29) is 16.3 Å². The van der Waals surface area contributed by atoms with E-state index in [1.165, 1.54) is 12.1 Å². The normalized spacial score (nSPS) is 12.5. The third-order valence-corrected chi connectivity index (χ3v) is 7.74. The minimum absolute atomic E-state index is 0.0941. The quantitative estimate of drug-likeness (QED) is 0.505. The van der Waals surface area contributed by atoms with E-state index in [0.717, 1.165) is 16.9 Å². The summed E-state index contributed by atoms with van der Waals surface area (Å²) in [5.41, 5.74) is 1.50. The van der Waals surface area contributed by atoms with E-state index in [1.54, 1.807) is 25.1 Å². The Kier molecular flexibility index (Phi) is 6.84. The van der Waals surface area contributed by atoms with Crippen LogP contribution in [0.2, 0.25) is 0 Å². The van der Waals surface area contributed by atoms with Gasteiger partial charge in [-0.15, -0.1) is 11.3 Å². The fourth-order valence-electron chi connectivity index (χ4n) is 2.63. The number of benzene rings is 2. The topological polar surface area (TPSA) is 75.3 Å². The Morgan fingerprint density at radius 3 is 2.48 bits per heavy atom. The molecule has 0 fully saturated rings. The number of sulfonamides is 1. The molecule has 3 rings (SSSR count). The summed E-state index contributed by atoms with van der Waals surface area (Å²) in [5.74, 6) is -1.03. The van der Waals surface area contributed by atoms with Crippen LogP contribution in [0.25, 0.3) is 0 Å². The Hall–Kier alpha value is -2.07. The lowest BCUT2D eigenvalue weighted by molar-refractivity contribution is -0.117. The predicted molar refractivity (Wildman–Crippen MR) is 116 cm³/mol. The fraction of sp³-hybridized carbons (Fsp3) is 0.150. The molecule has 0 bridgehead atoms. The van der Waals surface area contributed by atoms with Crippen molar-refractivity contribution in [1.29, 1.82) is 0 Å². The zero-order valence-corrected chi connectivity index (χ0v) is 18.6. The van der Waals surface area contributed by atoms with Gasteiger partial charge < -0.3 is 5.32 Å². The molecule has 9 heteroatoms. The van der Waals surface area contributed by atoms with Crippen LogP contribution < -0.4 is 10.0 Å². The zero-order valence-electron chi connectivity index (χ0n) is 15.4. The van der Waals surface area contributed by atoms with E-state index in [0.29, 0.717) is 9.35 Å². The van der Waals surface area contributed by atoms with E-state index >= 15 is 0 Å². The first-order chi connectivity index (χ1) is 13.7.